The number of benzene rings is 1. The average Bonchev–Trinajstić information content (AvgIpc) is 2.29. The van der Waals surface area contributed by atoms with Crippen molar-refractivity contribution in [1.82, 2.24) is 0 Å². The standard InChI is InChI=1S/C10H8ClN2O3/c1-16-10(15)8(13-12)9(14)6-3-2-4-7(11)5-6/h2-5,12H,1H3/q+1. The first-order chi connectivity index (χ1) is 7.60. The van der Waals surface area contributed by atoms with Crippen LogP contribution in [0.5, 0.6) is 0 Å². The van der Waals surface area contributed by atoms with Gasteiger partial charge in [0.15, 0.2) is 0 Å². The summed E-state index contributed by atoms with van der Waals surface area (Å²) < 4.78 is 4.33. The molecule has 0 aliphatic carbocycles. The van der Waals surface area contributed by atoms with E-state index in [9.17, 15) is 9.59 Å². The minimum atomic E-state index is -0.944. The zero-order chi connectivity index (χ0) is 12.1. The van der Waals surface area contributed by atoms with Gasteiger partial charge in [-0.05, 0) is 12.1 Å². The molecule has 1 N–H and O–H groups in total. The lowest BCUT2D eigenvalue weighted by molar-refractivity contribution is -0.149. The molecule has 0 atom stereocenters. The summed E-state index contributed by atoms with van der Waals surface area (Å²) in [6.07, 6.45) is 0. The summed E-state index contributed by atoms with van der Waals surface area (Å²) in [7, 11) is 1.11. The highest BCUT2D eigenvalue weighted by Gasteiger charge is 2.34. The van der Waals surface area contributed by atoms with E-state index < -0.39 is 17.5 Å². The first kappa shape index (κ1) is 12.1. The van der Waals surface area contributed by atoms with Crippen LogP contribution in [0.25, 0.3) is 0 Å². The number of rotatable bonds is 3. The van der Waals surface area contributed by atoms with Gasteiger partial charge in [-0.3, -0.25) is 4.79 Å². The Balaban J connectivity index is 3.11. The lowest BCUT2D eigenvalue weighted by Gasteiger charge is -1.95. The molecule has 0 saturated heterocycles. The van der Waals surface area contributed by atoms with Crippen molar-refractivity contribution in [3.8, 4) is 0 Å². The summed E-state index contributed by atoms with van der Waals surface area (Å²) in [6.45, 7) is 0. The van der Waals surface area contributed by atoms with Crippen molar-refractivity contribution in [2.75, 3.05) is 7.11 Å². The molecule has 0 heterocycles. The van der Waals surface area contributed by atoms with Crippen molar-refractivity contribution in [3.05, 3.63) is 34.9 Å². The lowest BCUT2D eigenvalue weighted by atomic mass is 10.1. The highest BCUT2D eigenvalue weighted by Crippen LogP contribution is 2.11. The molecule has 1 aromatic rings. The van der Waals surface area contributed by atoms with E-state index in [-0.39, 0.29) is 5.56 Å². The number of hydrogen-bond acceptors (Lipinski definition) is 4. The Morgan fingerprint density at radius 3 is 2.62 bits per heavy atom. The molecule has 0 saturated carbocycles. The predicted molar refractivity (Wildman–Crippen MR) is 55.8 cm³/mol. The molecule has 0 bridgehead atoms. The van der Waals surface area contributed by atoms with Crippen molar-refractivity contribution < 1.29 is 19.1 Å². The summed E-state index contributed by atoms with van der Waals surface area (Å²) >= 11 is 5.70. The lowest BCUT2D eigenvalue weighted by Crippen LogP contribution is -2.26. The molecule has 0 unspecified atom stereocenters. The molecule has 0 radical (unpaired) electrons. The molecule has 5 nitrogen and oxygen atoms in total. The largest absolute Gasteiger partial charge is 0.495 e. The van der Waals surface area contributed by atoms with E-state index in [1.165, 1.54) is 12.1 Å². The third-order valence-electron chi connectivity index (χ3n) is 1.79. The summed E-state index contributed by atoms with van der Waals surface area (Å²) in [4.78, 5) is 25.7. The number of methoxy groups -OCH3 is 1. The second-order valence-corrected chi connectivity index (χ2v) is 3.23. The second-order valence-electron chi connectivity index (χ2n) is 2.79. The maximum absolute atomic E-state index is 11.7. The van der Waals surface area contributed by atoms with Crippen LogP contribution in [0, 0.1) is 5.53 Å². The van der Waals surface area contributed by atoms with Crippen LogP contribution in [-0.2, 0) is 9.53 Å². The molecule has 0 aliphatic heterocycles. The predicted octanol–water partition coefficient (Wildman–Crippen LogP) is 1.38. The smallest absolute Gasteiger partial charge is 0.460 e. The fourth-order valence-corrected chi connectivity index (χ4v) is 1.24. The molecular weight excluding hydrogens is 232 g/mol. The van der Waals surface area contributed by atoms with Crippen LogP contribution in [0.3, 0.4) is 0 Å². The van der Waals surface area contributed by atoms with Gasteiger partial charge in [0, 0.05) is 10.6 Å². The Labute approximate surface area is 96.2 Å². The van der Waals surface area contributed by atoms with Crippen LogP contribution in [0.15, 0.2) is 24.3 Å². The Morgan fingerprint density at radius 1 is 1.44 bits per heavy atom. The number of ketones is 1. The maximum atomic E-state index is 11.7. The molecule has 6 heteroatoms. The number of ether oxygens (including phenoxy) is 1. The van der Waals surface area contributed by atoms with E-state index in [4.69, 9.17) is 17.1 Å². The zero-order valence-electron chi connectivity index (χ0n) is 8.36. The molecule has 0 aliphatic rings. The van der Waals surface area contributed by atoms with Gasteiger partial charge in [-0.1, -0.05) is 23.7 Å². The molecule has 0 fully saturated rings. The van der Waals surface area contributed by atoms with E-state index in [0.29, 0.717) is 5.02 Å². The minimum absolute atomic E-state index is 0.184. The highest BCUT2D eigenvalue weighted by atomic mass is 35.5. The van der Waals surface area contributed by atoms with Gasteiger partial charge in [0.05, 0.1) is 17.4 Å². The van der Waals surface area contributed by atoms with E-state index in [0.717, 1.165) is 7.11 Å². The van der Waals surface area contributed by atoms with Gasteiger partial charge in [-0.15, -0.1) is 0 Å². The topological polar surface area (TPSA) is 81.3 Å². The van der Waals surface area contributed by atoms with Gasteiger partial charge < -0.3 is 4.74 Å². The molecule has 1 aromatic carbocycles. The van der Waals surface area contributed by atoms with Crippen LogP contribution in [0.4, 0.5) is 0 Å². The second kappa shape index (κ2) is 5.21. The number of hydrogen-bond donors (Lipinski definition) is 1. The molecular formula is C10H8ClN2O3+. The number of halogens is 1. The van der Waals surface area contributed by atoms with Crippen LogP contribution in [0.1, 0.15) is 10.4 Å². The van der Waals surface area contributed by atoms with Crippen molar-refractivity contribution in [2.24, 2.45) is 0 Å². The van der Waals surface area contributed by atoms with Crippen molar-refractivity contribution in [3.63, 3.8) is 0 Å². The Hall–Kier alpha value is -1.97. The SMILES string of the molecule is COC(=O)C(=[N+]=N)C(=O)c1cccc(Cl)c1. The van der Waals surface area contributed by atoms with E-state index >= 15 is 0 Å². The van der Waals surface area contributed by atoms with Crippen LogP contribution in [0.2, 0.25) is 5.02 Å². The number of carbonyl (C=O) groups is 2. The maximum Gasteiger partial charge on any atom is 0.495 e. The van der Waals surface area contributed by atoms with E-state index in [2.05, 4.69) is 9.53 Å². The van der Waals surface area contributed by atoms with Crippen molar-refractivity contribution >= 4 is 29.1 Å². The molecule has 82 valence electrons. The molecule has 0 aromatic heterocycles. The van der Waals surface area contributed by atoms with Crippen LogP contribution in [-0.4, -0.2) is 29.4 Å². The molecule has 0 spiro atoms. The van der Waals surface area contributed by atoms with E-state index in [1.54, 1.807) is 12.1 Å². The monoisotopic (exact) mass is 239 g/mol. The van der Waals surface area contributed by atoms with Gasteiger partial charge in [0.1, 0.15) is 0 Å². The van der Waals surface area contributed by atoms with Crippen LogP contribution >= 0.6 is 11.6 Å². The van der Waals surface area contributed by atoms with Gasteiger partial charge in [-0.2, -0.15) is 0 Å². The first-order valence-electron chi connectivity index (χ1n) is 4.23. The number of nitrogens with one attached hydrogen (secondary N) is 1. The highest BCUT2D eigenvalue weighted by molar-refractivity contribution is 6.65. The van der Waals surface area contributed by atoms with Gasteiger partial charge >= 0.3 is 11.7 Å². The summed E-state index contributed by atoms with van der Waals surface area (Å²) in [5.74, 6) is -1.63. The minimum Gasteiger partial charge on any atom is -0.460 e. The Morgan fingerprint density at radius 2 is 2.12 bits per heavy atom. The number of nitrogens with zero attached hydrogens (tertiary/aromatic N) is 1. The fraction of sp³-hybridized carbons (Fsp3) is 0.100. The normalized spacial score (nSPS) is 9.12. The van der Waals surface area contributed by atoms with Crippen molar-refractivity contribution in [2.45, 2.75) is 0 Å². The summed E-state index contributed by atoms with van der Waals surface area (Å²) in [6, 6.07) is 6.02. The Bertz CT molecular complexity index is 493. The molecule has 16 heavy (non-hydrogen) atoms. The number of Topliss-reactive ketones (excluding diaryl/α,β-unsaturated/α-hetero) is 1. The molecule has 1 rings (SSSR count). The van der Waals surface area contributed by atoms with Gasteiger partial charge in [0.2, 0.25) is 0 Å². The van der Waals surface area contributed by atoms with Gasteiger partial charge in [-0.25, -0.2) is 4.79 Å². The van der Waals surface area contributed by atoms with Crippen LogP contribution < -0.4 is 0 Å². The Kier molecular flexibility index (Phi) is 3.94. The fourth-order valence-electron chi connectivity index (χ4n) is 1.05. The number of esters is 1. The molecule has 0 amide bonds. The third kappa shape index (κ3) is 2.53. The summed E-state index contributed by atoms with van der Waals surface area (Å²) in [5, 5.41) is 0.361. The third-order valence-corrected chi connectivity index (χ3v) is 2.03. The van der Waals surface area contributed by atoms with Gasteiger partial charge in [0.25, 0.3) is 5.78 Å². The number of carbonyl (C=O) groups excluding carboxylic acids is 2. The summed E-state index contributed by atoms with van der Waals surface area (Å²) in [5.41, 5.74) is 6.37. The van der Waals surface area contributed by atoms with E-state index in [1.807, 2.05) is 0 Å². The quantitative estimate of drug-likeness (QED) is 0.216. The average molecular weight is 240 g/mol. The van der Waals surface area contributed by atoms with Crippen molar-refractivity contribution in [1.29, 1.82) is 5.53 Å². The first-order valence-corrected chi connectivity index (χ1v) is 4.61. The zero-order valence-corrected chi connectivity index (χ0v) is 9.12.